The second kappa shape index (κ2) is 18.4. The monoisotopic (exact) mass is 609 g/mol. The van der Waals surface area contributed by atoms with Crippen molar-refractivity contribution in [1.29, 1.82) is 0 Å². The van der Waals surface area contributed by atoms with Crippen LogP contribution in [0.3, 0.4) is 0 Å². The van der Waals surface area contributed by atoms with Crippen LogP contribution in [0.5, 0.6) is 0 Å². The van der Waals surface area contributed by atoms with E-state index < -0.39 is 45.7 Å². The van der Waals surface area contributed by atoms with E-state index in [1.807, 2.05) is 13.1 Å². The number of aromatic nitrogens is 3. The summed E-state index contributed by atoms with van der Waals surface area (Å²) in [7, 11) is -3.91. The summed E-state index contributed by atoms with van der Waals surface area (Å²) in [6.45, 7) is 9.65. The fourth-order valence-electron chi connectivity index (χ4n) is 3.60. The van der Waals surface area contributed by atoms with Gasteiger partial charge in [0.1, 0.15) is 5.69 Å². The average molecular weight is 610 g/mol. The normalized spacial score (nSPS) is 12.0. The lowest BCUT2D eigenvalue weighted by Crippen LogP contribution is -2.16. The minimum atomic E-state index is -3.91. The predicted octanol–water partition coefficient (Wildman–Crippen LogP) is 7.28. The summed E-state index contributed by atoms with van der Waals surface area (Å²) in [6, 6.07) is 8.35. The zero-order chi connectivity index (χ0) is 31.0. The number of hydrogen-bond donors (Lipinski definition) is 0. The molecule has 0 spiro atoms. The molecular weight excluding hydrogens is 565 g/mol. The van der Waals surface area contributed by atoms with Crippen molar-refractivity contribution in [1.82, 2.24) is 15.0 Å². The fraction of sp³-hybridized carbons (Fsp3) is 0.586. The van der Waals surface area contributed by atoms with Crippen molar-refractivity contribution in [2.45, 2.75) is 92.4 Å². The molecule has 2 rings (SSSR count). The van der Waals surface area contributed by atoms with Crippen molar-refractivity contribution in [2.75, 3.05) is 19.7 Å². The summed E-state index contributed by atoms with van der Waals surface area (Å²) >= 11 is 0. The fourth-order valence-corrected chi connectivity index (χ4v) is 4.85. The second-order valence-electron chi connectivity index (χ2n) is 10.3. The van der Waals surface area contributed by atoms with Crippen molar-refractivity contribution in [3.63, 3.8) is 0 Å². The van der Waals surface area contributed by atoms with E-state index in [0.29, 0.717) is 6.54 Å². The zero-order valence-corrected chi connectivity index (χ0v) is 26.3. The van der Waals surface area contributed by atoms with Crippen LogP contribution in [-0.2, 0) is 45.5 Å². The molecule has 1 aromatic heterocycles. The first-order chi connectivity index (χ1) is 20.0. The third-order valence-corrected chi connectivity index (χ3v) is 7.33. The first-order valence-electron chi connectivity index (χ1n) is 14.2. The van der Waals surface area contributed by atoms with Gasteiger partial charge in [0.05, 0.1) is 31.1 Å². The Labute approximate surface area is 248 Å². The summed E-state index contributed by atoms with van der Waals surface area (Å²) in [5.41, 5.74) is 3.81. The largest absolute Gasteiger partial charge is 0.510 e. The lowest BCUT2D eigenvalue weighted by atomic mass is 10.0. The molecule has 0 aliphatic carbocycles. The van der Waals surface area contributed by atoms with Crippen molar-refractivity contribution < 1.29 is 42.1 Å². The molecule has 12 nitrogen and oxygen atoms in total. The topological polar surface area (TPSA) is 137 Å². The number of rotatable bonds is 18. The van der Waals surface area contributed by atoms with Gasteiger partial charge in [0.15, 0.2) is 0 Å². The molecule has 1 heterocycles. The third-order valence-electron chi connectivity index (χ3n) is 5.70. The van der Waals surface area contributed by atoms with Crippen LogP contribution in [0.2, 0.25) is 0 Å². The Kier molecular flexibility index (Phi) is 15.3. The Morgan fingerprint density at radius 3 is 2.07 bits per heavy atom. The van der Waals surface area contributed by atoms with Gasteiger partial charge in [0, 0.05) is 5.56 Å². The Hall–Kier alpha value is -3.21. The lowest BCUT2D eigenvalue weighted by molar-refractivity contribution is -0.0298. The van der Waals surface area contributed by atoms with Crippen LogP contribution in [0.15, 0.2) is 42.1 Å². The van der Waals surface area contributed by atoms with Gasteiger partial charge in [-0.05, 0) is 53.0 Å². The smallest absolute Gasteiger partial charge is 0.432 e. The molecule has 2 aromatic rings. The van der Waals surface area contributed by atoms with Gasteiger partial charge in [-0.3, -0.25) is 13.6 Å². The van der Waals surface area contributed by atoms with Crippen LogP contribution >= 0.6 is 7.60 Å². The van der Waals surface area contributed by atoms with E-state index in [1.54, 1.807) is 38.5 Å². The maximum absolute atomic E-state index is 13.3. The van der Waals surface area contributed by atoms with Crippen LogP contribution < -0.4 is 0 Å². The van der Waals surface area contributed by atoms with Gasteiger partial charge in [-0.15, -0.1) is 5.10 Å². The van der Waals surface area contributed by atoms with Gasteiger partial charge < -0.3 is 18.9 Å². The number of aryl methyl sites for hydroxylation is 1. The number of unbranched alkanes of at least 4 members (excludes halogenated alkanes) is 3. The molecular formula is C29H44N3O9P. The van der Waals surface area contributed by atoms with Crippen LogP contribution in [0, 0.1) is 0 Å². The van der Waals surface area contributed by atoms with E-state index in [-0.39, 0.29) is 6.16 Å². The van der Waals surface area contributed by atoms with Gasteiger partial charge in [-0.25, -0.2) is 14.3 Å². The van der Waals surface area contributed by atoms with Crippen LogP contribution in [0.1, 0.15) is 72.8 Å². The van der Waals surface area contributed by atoms with Gasteiger partial charge in [0.25, 0.3) is 0 Å². The van der Waals surface area contributed by atoms with Crippen LogP contribution in [0.4, 0.5) is 9.59 Å². The average Bonchev–Trinajstić information content (AvgIpc) is 3.38. The number of carbonyl (C=O) groups is 2. The molecule has 0 saturated heterocycles. The number of nitrogens with zero attached hydrogens (tertiary/aromatic N) is 3. The Morgan fingerprint density at radius 2 is 1.52 bits per heavy atom. The standard InChI is InChI=1S/C29H44N3O9P/c1-7-8-9-10-11-25-12-14-26(15-13-25)27-19-32(31-30-27)18-24(6)16-17-42(35,38-20-36-28(33)40-22(2)3)39-21-37-29(34)41-23(4)5/h12-16,19,22-23H,7-11,17-18,20-21H2,1-6H3/b24-16+. The number of benzene rings is 1. The highest BCUT2D eigenvalue weighted by molar-refractivity contribution is 7.54. The molecule has 0 aliphatic heterocycles. The van der Waals surface area contributed by atoms with E-state index in [4.69, 9.17) is 28.0 Å². The molecule has 0 N–H and O–H groups in total. The van der Waals surface area contributed by atoms with E-state index in [1.165, 1.54) is 31.2 Å². The van der Waals surface area contributed by atoms with Crippen LogP contribution in [-0.4, -0.2) is 59.3 Å². The SMILES string of the molecule is CCCCCCc1ccc(-c2cn(C/C(C)=C/CP(=O)(OCOC(=O)OC(C)C)OCOC(=O)OC(C)C)nn2)cc1. The van der Waals surface area contributed by atoms with Gasteiger partial charge in [-0.2, -0.15) is 0 Å². The van der Waals surface area contributed by atoms with Crippen molar-refractivity contribution in [2.24, 2.45) is 0 Å². The third kappa shape index (κ3) is 14.1. The number of hydrogen-bond acceptors (Lipinski definition) is 11. The first kappa shape index (κ1) is 35.0. The molecule has 0 amide bonds. The molecule has 234 valence electrons. The maximum atomic E-state index is 13.3. The summed E-state index contributed by atoms with van der Waals surface area (Å²) in [5.74, 6) is 0. The van der Waals surface area contributed by atoms with E-state index in [2.05, 4.69) is 41.5 Å². The highest BCUT2D eigenvalue weighted by atomic mass is 31.2. The molecule has 13 heteroatoms. The van der Waals surface area contributed by atoms with E-state index in [9.17, 15) is 14.2 Å². The number of ether oxygens (including phenoxy) is 4. The molecule has 0 aliphatic rings. The molecule has 1 aromatic carbocycles. The highest BCUT2D eigenvalue weighted by Crippen LogP contribution is 2.48. The minimum Gasteiger partial charge on any atom is -0.432 e. The number of allylic oxidation sites excluding steroid dienone is 2. The molecule has 0 saturated carbocycles. The number of carbonyl (C=O) groups excluding carboxylic acids is 2. The molecule has 0 fully saturated rings. The van der Waals surface area contributed by atoms with Gasteiger partial charge in [-0.1, -0.05) is 67.3 Å². The summed E-state index contributed by atoms with van der Waals surface area (Å²) in [6.07, 6.45) is 6.51. The molecule has 0 radical (unpaired) electrons. The predicted molar refractivity (Wildman–Crippen MR) is 157 cm³/mol. The van der Waals surface area contributed by atoms with Gasteiger partial charge >= 0.3 is 19.9 Å². The van der Waals surface area contributed by atoms with E-state index >= 15 is 0 Å². The van der Waals surface area contributed by atoms with Crippen LogP contribution in [0.25, 0.3) is 11.3 Å². The summed E-state index contributed by atoms with van der Waals surface area (Å²) < 4.78 is 44.8. The molecule has 42 heavy (non-hydrogen) atoms. The Balaban J connectivity index is 1.97. The molecule has 0 unspecified atom stereocenters. The zero-order valence-electron chi connectivity index (χ0n) is 25.4. The Morgan fingerprint density at radius 1 is 0.929 bits per heavy atom. The van der Waals surface area contributed by atoms with Gasteiger partial charge in [0.2, 0.25) is 13.6 Å². The quantitative estimate of drug-likeness (QED) is 0.0554. The van der Waals surface area contributed by atoms with Crippen molar-refractivity contribution >= 4 is 19.9 Å². The maximum Gasteiger partial charge on any atom is 0.510 e. The Bertz CT molecular complexity index is 1150. The minimum absolute atomic E-state index is 0.189. The lowest BCUT2D eigenvalue weighted by Gasteiger charge is -2.18. The van der Waals surface area contributed by atoms with E-state index in [0.717, 1.165) is 23.3 Å². The summed E-state index contributed by atoms with van der Waals surface area (Å²) in [5, 5.41) is 8.49. The summed E-state index contributed by atoms with van der Waals surface area (Å²) in [4.78, 5) is 23.3. The first-order valence-corrected chi connectivity index (χ1v) is 15.9. The molecule has 0 bridgehead atoms. The van der Waals surface area contributed by atoms with Crippen molar-refractivity contribution in [3.05, 3.63) is 47.7 Å². The highest BCUT2D eigenvalue weighted by Gasteiger charge is 2.26. The second-order valence-corrected chi connectivity index (χ2v) is 12.4. The van der Waals surface area contributed by atoms with Crippen molar-refractivity contribution in [3.8, 4) is 11.3 Å². The molecule has 0 atom stereocenters.